The van der Waals surface area contributed by atoms with Gasteiger partial charge in [0, 0.05) is 46.5 Å². The van der Waals surface area contributed by atoms with E-state index in [9.17, 15) is 13.7 Å². The van der Waals surface area contributed by atoms with E-state index in [-0.39, 0.29) is 23.5 Å². The summed E-state index contributed by atoms with van der Waals surface area (Å²) in [5.74, 6) is 1.40. The minimum atomic E-state index is -3.77. The van der Waals surface area contributed by atoms with Crippen molar-refractivity contribution in [3.63, 3.8) is 0 Å². The number of anilines is 1. The summed E-state index contributed by atoms with van der Waals surface area (Å²) in [6.07, 6.45) is 5.13. The number of aromatic nitrogens is 6. The van der Waals surface area contributed by atoms with Gasteiger partial charge in [0.25, 0.3) is 0 Å². The van der Waals surface area contributed by atoms with Crippen LogP contribution in [0.4, 0.5) is 5.82 Å². The molecule has 0 saturated carbocycles. The van der Waals surface area contributed by atoms with Crippen LogP contribution in [0.2, 0.25) is 0 Å². The van der Waals surface area contributed by atoms with E-state index in [1.165, 1.54) is 22.8 Å². The summed E-state index contributed by atoms with van der Waals surface area (Å²) >= 11 is 0. The first-order valence-corrected chi connectivity index (χ1v) is 11.7. The summed E-state index contributed by atoms with van der Waals surface area (Å²) in [6, 6.07) is 8.24. The minimum absolute atomic E-state index is 0.0382. The summed E-state index contributed by atoms with van der Waals surface area (Å²) in [7, 11) is -0.0252. The number of nitriles is 1. The van der Waals surface area contributed by atoms with Gasteiger partial charge in [0.05, 0.1) is 22.2 Å². The van der Waals surface area contributed by atoms with Crippen LogP contribution in [-0.4, -0.2) is 68.2 Å². The average molecular weight is 464 g/mol. The van der Waals surface area contributed by atoms with E-state index in [4.69, 9.17) is 4.98 Å². The number of nitrogens with zero attached hydrogens (tertiary/aromatic N) is 9. The number of piperazine rings is 1. The Morgan fingerprint density at radius 2 is 1.82 bits per heavy atom. The molecule has 0 atom stereocenters. The molecule has 168 valence electrons. The molecule has 1 aliphatic rings. The van der Waals surface area contributed by atoms with E-state index < -0.39 is 10.0 Å². The van der Waals surface area contributed by atoms with Crippen LogP contribution < -0.4 is 4.90 Å². The van der Waals surface area contributed by atoms with E-state index in [0.29, 0.717) is 30.1 Å². The smallest absolute Gasteiger partial charge is 0.244 e. The molecule has 11 nitrogen and oxygen atoms in total. The van der Waals surface area contributed by atoms with Gasteiger partial charge in [-0.15, -0.1) is 0 Å². The third-order valence-corrected chi connectivity index (χ3v) is 7.72. The third kappa shape index (κ3) is 3.51. The SMILES string of the molecule is Cn1cc(-c2nc3c(N4CCN(S(=O)(=O)c5ccccc5C#N)CC4)ncnc3n2C)cn1. The second kappa shape index (κ2) is 7.95. The fourth-order valence-electron chi connectivity index (χ4n) is 4.08. The van der Waals surface area contributed by atoms with Crippen molar-refractivity contribution in [1.82, 2.24) is 33.6 Å². The lowest BCUT2D eigenvalue weighted by atomic mass is 10.2. The Bertz CT molecular complexity index is 1490. The highest BCUT2D eigenvalue weighted by Gasteiger charge is 2.31. The van der Waals surface area contributed by atoms with Crippen LogP contribution in [0.1, 0.15) is 5.56 Å². The largest absolute Gasteiger partial charge is 0.352 e. The fraction of sp³-hybridized carbons (Fsp3) is 0.286. The van der Waals surface area contributed by atoms with Crippen LogP contribution >= 0.6 is 0 Å². The zero-order valence-electron chi connectivity index (χ0n) is 18.1. The summed E-state index contributed by atoms with van der Waals surface area (Å²) in [5.41, 5.74) is 2.37. The molecule has 12 heteroatoms. The lowest BCUT2D eigenvalue weighted by Gasteiger charge is -2.34. The Labute approximate surface area is 190 Å². The van der Waals surface area contributed by atoms with Crippen LogP contribution in [0.3, 0.4) is 0 Å². The van der Waals surface area contributed by atoms with Crippen molar-refractivity contribution in [3.05, 3.63) is 48.5 Å². The van der Waals surface area contributed by atoms with Crippen molar-refractivity contribution in [2.45, 2.75) is 4.90 Å². The molecule has 4 aromatic rings. The molecular formula is C21H21N9O2S. The van der Waals surface area contributed by atoms with E-state index in [1.54, 1.807) is 23.0 Å². The predicted molar refractivity (Wildman–Crippen MR) is 121 cm³/mol. The molecule has 0 bridgehead atoms. The average Bonchev–Trinajstić information content (AvgIpc) is 3.42. The Morgan fingerprint density at radius 1 is 1.06 bits per heavy atom. The molecule has 5 rings (SSSR count). The molecule has 0 spiro atoms. The number of rotatable bonds is 4. The molecule has 1 aromatic carbocycles. The van der Waals surface area contributed by atoms with Crippen molar-refractivity contribution in [3.8, 4) is 17.5 Å². The molecular weight excluding hydrogens is 442 g/mol. The number of hydrogen-bond donors (Lipinski definition) is 0. The molecule has 3 aromatic heterocycles. The van der Waals surface area contributed by atoms with Crippen LogP contribution in [-0.2, 0) is 24.1 Å². The van der Waals surface area contributed by atoms with Gasteiger partial charge < -0.3 is 9.47 Å². The maximum absolute atomic E-state index is 13.1. The lowest BCUT2D eigenvalue weighted by Crippen LogP contribution is -2.49. The van der Waals surface area contributed by atoms with E-state index in [2.05, 4.69) is 15.1 Å². The standard InChI is InChI=1S/C21H21N9O2S/c1-27-13-16(12-25-27)19-26-18-20(28(19)2)23-14-24-21(18)29-7-9-30(10-8-29)33(31,32)17-6-4-3-5-15(17)11-22/h3-6,12-14H,7-10H2,1-2H3. The van der Waals surface area contributed by atoms with Crippen LogP contribution in [0.15, 0.2) is 47.9 Å². The van der Waals surface area contributed by atoms with Crippen molar-refractivity contribution in [1.29, 1.82) is 5.26 Å². The maximum Gasteiger partial charge on any atom is 0.244 e. The fourth-order valence-corrected chi connectivity index (χ4v) is 5.64. The lowest BCUT2D eigenvalue weighted by molar-refractivity contribution is 0.384. The Hall–Kier alpha value is -3.82. The molecule has 0 aliphatic carbocycles. The maximum atomic E-state index is 13.1. The van der Waals surface area contributed by atoms with Gasteiger partial charge in [0.15, 0.2) is 17.0 Å². The summed E-state index contributed by atoms with van der Waals surface area (Å²) in [5, 5.41) is 13.5. The molecule has 0 N–H and O–H groups in total. The first-order chi connectivity index (χ1) is 15.9. The van der Waals surface area contributed by atoms with Gasteiger partial charge in [-0.25, -0.2) is 23.4 Å². The molecule has 0 amide bonds. The van der Waals surface area contributed by atoms with E-state index >= 15 is 0 Å². The molecule has 0 radical (unpaired) electrons. The quantitative estimate of drug-likeness (QED) is 0.441. The highest BCUT2D eigenvalue weighted by molar-refractivity contribution is 7.89. The molecule has 1 fully saturated rings. The zero-order chi connectivity index (χ0) is 23.2. The number of aryl methyl sites for hydroxylation is 2. The van der Waals surface area contributed by atoms with Gasteiger partial charge in [0.2, 0.25) is 10.0 Å². The monoisotopic (exact) mass is 463 g/mol. The minimum Gasteiger partial charge on any atom is -0.352 e. The number of imidazole rings is 1. The first-order valence-electron chi connectivity index (χ1n) is 10.3. The highest BCUT2D eigenvalue weighted by Crippen LogP contribution is 2.29. The second-order valence-electron chi connectivity index (χ2n) is 7.77. The molecule has 33 heavy (non-hydrogen) atoms. The zero-order valence-corrected chi connectivity index (χ0v) is 18.9. The van der Waals surface area contributed by atoms with Crippen molar-refractivity contribution in [2.24, 2.45) is 14.1 Å². The first kappa shape index (κ1) is 21.0. The van der Waals surface area contributed by atoms with Crippen molar-refractivity contribution < 1.29 is 8.42 Å². The summed E-state index contributed by atoms with van der Waals surface area (Å²) < 4.78 is 31.3. The normalized spacial score (nSPS) is 15.1. The van der Waals surface area contributed by atoms with Gasteiger partial charge in [-0.3, -0.25) is 4.68 Å². The van der Waals surface area contributed by atoms with E-state index in [0.717, 1.165) is 11.4 Å². The van der Waals surface area contributed by atoms with Gasteiger partial charge in [0.1, 0.15) is 18.2 Å². The number of fused-ring (bicyclic) bond motifs is 1. The topological polar surface area (TPSA) is 126 Å². The summed E-state index contributed by atoms with van der Waals surface area (Å²) in [6.45, 7) is 1.43. The van der Waals surface area contributed by atoms with Gasteiger partial charge in [-0.2, -0.15) is 14.7 Å². The molecule has 1 saturated heterocycles. The van der Waals surface area contributed by atoms with Crippen LogP contribution in [0.5, 0.6) is 0 Å². The molecule has 1 aliphatic heterocycles. The van der Waals surface area contributed by atoms with E-state index in [1.807, 2.05) is 35.8 Å². The number of benzene rings is 1. The van der Waals surface area contributed by atoms with Gasteiger partial charge >= 0.3 is 0 Å². The molecule has 4 heterocycles. The predicted octanol–water partition coefficient (Wildman–Crippen LogP) is 1.15. The Morgan fingerprint density at radius 3 is 2.52 bits per heavy atom. The number of hydrogen-bond acceptors (Lipinski definition) is 8. The van der Waals surface area contributed by atoms with Crippen molar-refractivity contribution >= 4 is 27.0 Å². The Kier molecular flexibility index (Phi) is 5.07. The highest BCUT2D eigenvalue weighted by atomic mass is 32.2. The van der Waals surface area contributed by atoms with Crippen molar-refractivity contribution in [2.75, 3.05) is 31.1 Å². The van der Waals surface area contributed by atoms with Crippen LogP contribution in [0.25, 0.3) is 22.6 Å². The number of sulfonamides is 1. The van der Waals surface area contributed by atoms with Gasteiger partial charge in [-0.1, -0.05) is 12.1 Å². The molecule has 0 unspecified atom stereocenters. The second-order valence-corrected chi connectivity index (χ2v) is 9.67. The van der Waals surface area contributed by atoms with Crippen LogP contribution in [0, 0.1) is 11.3 Å². The third-order valence-electron chi connectivity index (χ3n) is 5.76. The Balaban J connectivity index is 1.43. The summed E-state index contributed by atoms with van der Waals surface area (Å²) in [4.78, 5) is 15.7. The van der Waals surface area contributed by atoms with Gasteiger partial charge in [-0.05, 0) is 12.1 Å².